The fourth-order valence-corrected chi connectivity index (χ4v) is 1.03. The second-order valence-electron chi connectivity index (χ2n) is 2.30. The van der Waals surface area contributed by atoms with Gasteiger partial charge in [0.2, 0.25) is 0 Å². The minimum Gasteiger partial charge on any atom is -0.396 e. The van der Waals surface area contributed by atoms with Gasteiger partial charge in [0.15, 0.2) is 0 Å². The predicted molar refractivity (Wildman–Crippen MR) is 37.3 cm³/mol. The van der Waals surface area contributed by atoms with E-state index in [1.807, 2.05) is 0 Å². The number of aliphatic hydroxyl groups excluding tert-OH is 1. The van der Waals surface area contributed by atoms with E-state index in [2.05, 4.69) is 11.4 Å². The zero-order valence-electron chi connectivity index (χ0n) is 5.56. The van der Waals surface area contributed by atoms with Crippen LogP contribution in [0.5, 0.6) is 0 Å². The van der Waals surface area contributed by atoms with Crippen LogP contribution < -0.4 is 5.32 Å². The molecule has 0 aromatic heterocycles. The van der Waals surface area contributed by atoms with Gasteiger partial charge in [-0.1, -0.05) is 11.6 Å². The molecular formula is C7H13NO. The van der Waals surface area contributed by atoms with E-state index in [1.165, 1.54) is 12.0 Å². The molecular weight excluding hydrogens is 114 g/mol. The van der Waals surface area contributed by atoms with E-state index in [-0.39, 0.29) is 6.61 Å². The van der Waals surface area contributed by atoms with Crippen LogP contribution in [0.1, 0.15) is 12.8 Å². The van der Waals surface area contributed by atoms with Crippen molar-refractivity contribution in [2.45, 2.75) is 12.8 Å². The summed E-state index contributed by atoms with van der Waals surface area (Å²) in [6.07, 6.45) is 4.11. The van der Waals surface area contributed by atoms with Gasteiger partial charge in [-0.2, -0.15) is 0 Å². The van der Waals surface area contributed by atoms with Crippen molar-refractivity contribution >= 4 is 0 Å². The number of aliphatic hydroxyl groups is 1. The lowest BCUT2D eigenvalue weighted by molar-refractivity contribution is 0.302. The zero-order valence-corrected chi connectivity index (χ0v) is 5.56. The second-order valence-corrected chi connectivity index (χ2v) is 2.30. The molecule has 1 heterocycles. The van der Waals surface area contributed by atoms with Crippen molar-refractivity contribution < 1.29 is 5.11 Å². The summed E-state index contributed by atoms with van der Waals surface area (Å²) in [5.74, 6) is 0. The molecule has 2 heteroatoms. The minimum absolute atomic E-state index is 0.281. The number of nitrogens with one attached hydrogen (secondary N) is 1. The summed E-state index contributed by atoms with van der Waals surface area (Å²) in [5.41, 5.74) is 1.45. The van der Waals surface area contributed by atoms with Gasteiger partial charge in [0, 0.05) is 13.2 Å². The highest BCUT2D eigenvalue weighted by Gasteiger charge is 2.02. The molecule has 1 rings (SSSR count). The van der Waals surface area contributed by atoms with Crippen molar-refractivity contribution in [1.29, 1.82) is 0 Å². The van der Waals surface area contributed by atoms with E-state index < -0.39 is 0 Å². The highest BCUT2D eigenvalue weighted by Crippen LogP contribution is 2.05. The summed E-state index contributed by atoms with van der Waals surface area (Å²) < 4.78 is 0. The molecule has 1 saturated heterocycles. The average Bonchev–Trinajstić information content (AvgIpc) is 2.34. The first-order chi connectivity index (χ1) is 4.43. The van der Waals surface area contributed by atoms with E-state index in [9.17, 15) is 0 Å². The first-order valence-corrected chi connectivity index (χ1v) is 3.43. The Labute approximate surface area is 55.6 Å². The summed E-state index contributed by atoms with van der Waals surface area (Å²) >= 11 is 0. The van der Waals surface area contributed by atoms with Crippen LogP contribution in [0.3, 0.4) is 0 Å². The first-order valence-electron chi connectivity index (χ1n) is 3.43. The van der Waals surface area contributed by atoms with Crippen molar-refractivity contribution in [2.75, 3.05) is 19.7 Å². The molecule has 0 aromatic rings. The Morgan fingerprint density at radius 2 is 2.56 bits per heavy atom. The van der Waals surface area contributed by atoms with Crippen LogP contribution in [0.4, 0.5) is 0 Å². The van der Waals surface area contributed by atoms with Gasteiger partial charge < -0.3 is 10.4 Å². The minimum atomic E-state index is 0.281. The summed E-state index contributed by atoms with van der Waals surface area (Å²) in [5, 5.41) is 11.7. The quantitative estimate of drug-likeness (QED) is 0.522. The molecule has 52 valence electrons. The second kappa shape index (κ2) is 3.64. The van der Waals surface area contributed by atoms with Crippen LogP contribution in [0.2, 0.25) is 0 Å². The zero-order chi connectivity index (χ0) is 6.53. The SMILES string of the molecule is OCC/C=C1\CCNC1. The topological polar surface area (TPSA) is 32.3 Å². The maximum Gasteiger partial charge on any atom is 0.0465 e. The molecule has 0 aliphatic carbocycles. The third kappa shape index (κ3) is 2.16. The smallest absolute Gasteiger partial charge is 0.0465 e. The van der Waals surface area contributed by atoms with Crippen molar-refractivity contribution in [3.05, 3.63) is 11.6 Å². The van der Waals surface area contributed by atoms with E-state index in [0.29, 0.717) is 0 Å². The normalized spacial score (nSPS) is 23.4. The third-order valence-electron chi connectivity index (χ3n) is 1.54. The Balaban J connectivity index is 2.22. The third-order valence-corrected chi connectivity index (χ3v) is 1.54. The van der Waals surface area contributed by atoms with Crippen LogP contribution in [0.25, 0.3) is 0 Å². The molecule has 0 unspecified atom stereocenters. The molecule has 0 saturated carbocycles. The molecule has 9 heavy (non-hydrogen) atoms. The van der Waals surface area contributed by atoms with Gasteiger partial charge in [-0.25, -0.2) is 0 Å². The molecule has 1 aliphatic rings. The summed E-state index contributed by atoms with van der Waals surface area (Å²) in [6.45, 7) is 2.42. The lowest BCUT2D eigenvalue weighted by Crippen LogP contribution is -2.04. The predicted octanol–water partition coefficient (Wildman–Crippen LogP) is 0.289. The number of hydrogen-bond donors (Lipinski definition) is 2. The van der Waals surface area contributed by atoms with Crippen molar-refractivity contribution in [3.8, 4) is 0 Å². The monoisotopic (exact) mass is 127 g/mol. The fourth-order valence-electron chi connectivity index (χ4n) is 1.03. The summed E-state index contributed by atoms with van der Waals surface area (Å²) in [7, 11) is 0. The molecule has 0 radical (unpaired) electrons. The maximum absolute atomic E-state index is 8.46. The van der Waals surface area contributed by atoms with Gasteiger partial charge in [-0.15, -0.1) is 0 Å². The lowest BCUT2D eigenvalue weighted by Gasteiger charge is -1.90. The van der Waals surface area contributed by atoms with E-state index in [0.717, 1.165) is 19.5 Å². The van der Waals surface area contributed by atoms with Crippen molar-refractivity contribution in [3.63, 3.8) is 0 Å². The summed E-state index contributed by atoms with van der Waals surface area (Å²) in [4.78, 5) is 0. The Bertz CT molecular complexity index is 101. The lowest BCUT2D eigenvalue weighted by atomic mass is 10.2. The van der Waals surface area contributed by atoms with E-state index >= 15 is 0 Å². The van der Waals surface area contributed by atoms with Crippen LogP contribution in [0.15, 0.2) is 11.6 Å². The molecule has 0 amide bonds. The van der Waals surface area contributed by atoms with Crippen molar-refractivity contribution in [2.24, 2.45) is 0 Å². The molecule has 1 fully saturated rings. The number of hydrogen-bond acceptors (Lipinski definition) is 2. The largest absolute Gasteiger partial charge is 0.396 e. The number of rotatable bonds is 2. The first kappa shape index (κ1) is 6.78. The highest BCUT2D eigenvalue weighted by atomic mass is 16.2. The van der Waals surface area contributed by atoms with Gasteiger partial charge in [-0.05, 0) is 19.4 Å². The summed E-state index contributed by atoms with van der Waals surface area (Å²) in [6, 6.07) is 0. The molecule has 1 aliphatic heterocycles. The van der Waals surface area contributed by atoms with Crippen LogP contribution in [-0.2, 0) is 0 Å². The molecule has 0 aromatic carbocycles. The van der Waals surface area contributed by atoms with Gasteiger partial charge in [0.05, 0.1) is 0 Å². The Hall–Kier alpha value is -0.340. The van der Waals surface area contributed by atoms with Gasteiger partial charge in [0.1, 0.15) is 0 Å². The van der Waals surface area contributed by atoms with Gasteiger partial charge >= 0.3 is 0 Å². The van der Waals surface area contributed by atoms with E-state index in [4.69, 9.17) is 5.11 Å². The van der Waals surface area contributed by atoms with Crippen LogP contribution in [0, 0.1) is 0 Å². The standard InChI is InChI=1S/C7H13NO/c9-5-1-2-7-3-4-8-6-7/h2,8-9H,1,3-6H2/b7-2+. The van der Waals surface area contributed by atoms with Gasteiger partial charge in [0.25, 0.3) is 0 Å². The Kier molecular flexibility index (Phi) is 2.74. The van der Waals surface area contributed by atoms with Gasteiger partial charge in [-0.3, -0.25) is 0 Å². The van der Waals surface area contributed by atoms with Crippen LogP contribution in [-0.4, -0.2) is 24.8 Å². The van der Waals surface area contributed by atoms with Crippen molar-refractivity contribution in [1.82, 2.24) is 5.32 Å². The molecule has 0 atom stereocenters. The Morgan fingerprint density at radius 1 is 1.67 bits per heavy atom. The Morgan fingerprint density at radius 3 is 3.11 bits per heavy atom. The average molecular weight is 127 g/mol. The molecule has 0 bridgehead atoms. The molecule has 0 spiro atoms. The van der Waals surface area contributed by atoms with E-state index in [1.54, 1.807) is 0 Å². The maximum atomic E-state index is 8.46. The fraction of sp³-hybridized carbons (Fsp3) is 0.714. The highest BCUT2D eigenvalue weighted by molar-refractivity contribution is 5.08. The molecule has 2 N–H and O–H groups in total. The molecule has 2 nitrogen and oxygen atoms in total. The van der Waals surface area contributed by atoms with Crippen LogP contribution >= 0.6 is 0 Å².